The molecule has 3 heteroatoms. The summed E-state index contributed by atoms with van der Waals surface area (Å²) in [6.45, 7) is 8.57. The maximum atomic E-state index is 13.3. The van der Waals surface area contributed by atoms with Gasteiger partial charge in [0.1, 0.15) is 5.82 Å². The van der Waals surface area contributed by atoms with Crippen molar-refractivity contribution in [3.8, 4) is 0 Å². The molecule has 0 amide bonds. The number of rotatable bonds is 2. The molecule has 1 aliphatic rings. The maximum absolute atomic E-state index is 13.3. The van der Waals surface area contributed by atoms with Gasteiger partial charge in [-0.15, -0.1) is 0 Å². The lowest BCUT2D eigenvalue weighted by Gasteiger charge is -2.38. The monoisotopic (exact) mass is 250 g/mol. The van der Waals surface area contributed by atoms with Crippen molar-refractivity contribution in [2.24, 2.45) is 17.6 Å². The zero-order valence-corrected chi connectivity index (χ0v) is 11.5. The van der Waals surface area contributed by atoms with Gasteiger partial charge < -0.3 is 10.6 Å². The van der Waals surface area contributed by atoms with Gasteiger partial charge in [0, 0.05) is 24.8 Å². The number of anilines is 1. The molecule has 2 unspecified atom stereocenters. The lowest BCUT2D eigenvalue weighted by atomic mass is 9.88. The third-order valence-electron chi connectivity index (χ3n) is 4.15. The van der Waals surface area contributed by atoms with Gasteiger partial charge in [-0.05, 0) is 48.9 Å². The van der Waals surface area contributed by atoms with Gasteiger partial charge in [0.2, 0.25) is 0 Å². The molecule has 1 aliphatic heterocycles. The van der Waals surface area contributed by atoms with Crippen LogP contribution in [0.1, 0.15) is 38.8 Å². The molecule has 100 valence electrons. The molecule has 2 rings (SSSR count). The van der Waals surface area contributed by atoms with Gasteiger partial charge in [0.05, 0.1) is 0 Å². The quantitative estimate of drug-likeness (QED) is 0.872. The third kappa shape index (κ3) is 2.66. The number of nitrogens with zero attached hydrogens (tertiary/aromatic N) is 1. The Bertz CT molecular complexity index is 417. The highest BCUT2D eigenvalue weighted by atomic mass is 19.1. The Kier molecular flexibility index (Phi) is 3.91. The van der Waals surface area contributed by atoms with Crippen LogP contribution < -0.4 is 10.6 Å². The van der Waals surface area contributed by atoms with Crippen molar-refractivity contribution in [1.29, 1.82) is 0 Å². The van der Waals surface area contributed by atoms with Crippen molar-refractivity contribution < 1.29 is 4.39 Å². The average Bonchev–Trinajstić information content (AvgIpc) is 2.32. The summed E-state index contributed by atoms with van der Waals surface area (Å²) in [6.07, 6.45) is 1.19. The highest BCUT2D eigenvalue weighted by Gasteiger charge is 2.24. The summed E-state index contributed by atoms with van der Waals surface area (Å²) in [6, 6.07) is 4.84. The molecule has 18 heavy (non-hydrogen) atoms. The number of halogens is 1. The molecule has 1 aromatic carbocycles. The topological polar surface area (TPSA) is 29.3 Å². The summed E-state index contributed by atoms with van der Waals surface area (Å²) < 4.78 is 13.3. The number of piperidine rings is 1. The highest BCUT2D eigenvalue weighted by molar-refractivity contribution is 5.55. The van der Waals surface area contributed by atoms with Crippen LogP contribution in [0, 0.1) is 17.7 Å². The fourth-order valence-corrected chi connectivity index (χ4v) is 2.66. The summed E-state index contributed by atoms with van der Waals surface area (Å²) in [5.41, 5.74) is 7.97. The summed E-state index contributed by atoms with van der Waals surface area (Å²) in [5, 5.41) is 0. The molecule has 2 N–H and O–H groups in total. The van der Waals surface area contributed by atoms with E-state index in [4.69, 9.17) is 5.73 Å². The second-order valence-electron chi connectivity index (χ2n) is 5.68. The minimum atomic E-state index is -0.204. The van der Waals surface area contributed by atoms with Crippen LogP contribution in [-0.4, -0.2) is 13.1 Å². The number of nitrogens with two attached hydrogens (primary N) is 1. The van der Waals surface area contributed by atoms with Gasteiger partial charge in [-0.1, -0.05) is 13.8 Å². The van der Waals surface area contributed by atoms with Crippen molar-refractivity contribution in [2.75, 3.05) is 18.0 Å². The van der Waals surface area contributed by atoms with Crippen LogP contribution in [0.4, 0.5) is 10.1 Å². The Morgan fingerprint density at radius 2 is 2.06 bits per heavy atom. The van der Waals surface area contributed by atoms with Gasteiger partial charge in [0.15, 0.2) is 0 Å². The van der Waals surface area contributed by atoms with Crippen LogP contribution >= 0.6 is 0 Å². The maximum Gasteiger partial charge on any atom is 0.123 e. The summed E-state index contributed by atoms with van der Waals surface area (Å²) in [7, 11) is 0. The number of benzene rings is 1. The fraction of sp³-hybridized carbons (Fsp3) is 0.600. The predicted octanol–water partition coefficient (Wildman–Crippen LogP) is 3.33. The molecular weight excluding hydrogens is 227 g/mol. The average molecular weight is 250 g/mol. The van der Waals surface area contributed by atoms with E-state index in [-0.39, 0.29) is 11.9 Å². The van der Waals surface area contributed by atoms with E-state index in [0.29, 0.717) is 5.92 Å². The largest absolute Gasteiger partial charge is 0.371 e. The van der Waals surface area contributed by atoms with Crippen LogP contribution in [0.5, 0.6) is 0 Å². The standard InChI is InChI=1S/C15H23FN2/c1-10-6-7-18(9-11(10)2)15-5-4-13(16)8-14(15)12(3)17/h4-5,8,10-12H,6-7,9,17H2,1-3H3/t10?,11?,12-/m1/s1. The van der Waals surface area contributed by atoms with Gasteiger partial charge >= 0.3 is 0 Å². The summed E-state index contributed by atoms with van der Waals surface area (Å²) >= 11 is 0. The summed E-state index contributed by atoms with van der Waals surface area (Å²) in [4.78, 5) is 2.35. The first-order valence-electron chi connectivity index (χ1n) is 6.79. The molecule has 1 heterocycles. The minimum absolute atomic E-state index is 0.134. The molecule has 0 aliphatic carbocycles. The molecule has 1 fully saturated rings. The van der Waals surface area contributed by atoms with E-state index in [9.17, 15) is 4.39 Å². The predicted molar refractivity (Wildman–Crippen MR) is 74.2 cm³/mol. The Labute approximate surface area is 109 Å². The second kappa shape index (κ2) is 5.27. The Morgan fingerprint density at radius 3 is 2.67 bits per heavy atom. The number of hydrogen-bond donors (Lipinski definition) is 1. The first-order valence-corrected chi connectivity index (χ1v) is 6.79. The van der Waals surface area contributed by atoms with E-state index in [1.165, 1.54) is 12.5 Å². The Balaban J connectivity index is 2.28. The van der Waals surface area contributed by atoms with E-state index in [1.54, 1.807) is 6.07 Å². The zero-order chi connectivity index (χ0) is 13.3. The van der Waals surface area contributed by atoms with E-state index < -0.39 is 0 Å². The lowest BCUT2D eigenvalue weighted by Crippen LogP contribution is -2.39. The minimum Gasteiger partial charge on any atom is -0.371 e. The van der Waals surface area contributed by atoms with Gasteiger partial charge in [-0.3, -0.25) is 0 Å². The molecule has 2 nitrogen and oxygen atoms in total. The smallest absolute Gasteiger partial charge is 0.123 e. The molecular formula is C15H23FN2. The summed E-state index contributed by atoms with van der Waals surface area (Å²) in [5.74, 6) is 1.23. The molecule has 1 saturated heterocycles. The van der Waals surface area contributed by atoms with Crippen molar-refractivity contribution in [3.63, 3.8) is 0 Å². The highest BCUT2D eigenvalue weighted by Crippen LogP contribution is 2.31. The lowest BCUT2D eigenvalue weighted by molar-refractivity contribution is 0.323. The van der Waals surface area contributed by atoms with Crippen LogP contribution in [0.15, 0.2) is 18.2 Å². The van der Waals surface area contributed by atoms with Gasteiger partial charge in [0.25, 0.3) is 0 Å². The zero-order valence-electron chi connectivity index (χ0n) is 11.5. The molecule has 0 saturated carbocycles. The van der Waals surface area contributed by atoms with Crippen molar-refractivity contribution in [3.05, 3.63) is 29.6 Å². The van der Waals surface area contributed by atoms with Crippen molar-refractivity contribution in [1.82, 2.24) is 0 Å². The van der Waals surface area contributed by atoms with Crippen molar-refractivity contribution in [2.45, 2.75) is 33.2 Å². The van der Waals surface area contributed by atoms with Crippen LogP contribution in [-0.2, 0) is 0 Å². The van der Waals surface area contributed by atoms with Gasteiger partial charge in [-0.25, -0.2) is 4.39 Å². The first kappa shape index (κ1) is 13.3. The van der Waals surface area contributed by atoms with Crippen LogP contribution in [0.3, 0.4) is 0 Å². The second-order valence-corrected chi connectivity index (χ2v) is 5.68. The molecule has 0 radical (unpaired) electrons. The normalized spacial score (nSPS) is 26.2. The SMILES string of the molecule is CC1CCN(c2ccc(F)cc2[C@@H](C)N)CC1C. The molecule has 3 atom stereocenters. The Hall–Kier alpha value is -1.09. The molecule has 0 spiro atoms. The van der Waals surface area contributed by atoms with Crippen LogP contribution in [0.25, 0.3) is 0 Å². The third-order valence-corrected chi connectivity index (χ3v) is 4.15. The molecule has 1 aromatic rings. The van der Waals surface area contributed by atoms with E-state index in [1.807, 2.05) is 13.0 Å². The van der Waals surface area contributed by atoms with Crippen molar-refractivity contribution >= 4 is 5.69 Å². The van der Waals surface area contributed by atoms with E-state index in [2.05, 4.69) is 18.7 Å². The molecule has 0 aromatic heterocycles. The number of hydrogen-bond acceptors (Lipinski definition) is 2. The molecule has 0 bridgehead atoms. The van der Waals surface area contributed by atoms with Gasteiger partial charge in [-0.2, -0.15) is 0 Å². The fourth-order valence-electron chi connectivity index (χ4n) is 2.66. The van der Waals surface area contributed by atoms with E-state index in [0.717, 1.165) is 30.3 Å². The van der Waals surface area contributed by atoms with Crippen LogP contribution in [0.2, 0.25) is 0 Å². The Morgan fingerprint density at radius 1 is 1.33 bits per heavy atom. The van der Waals surface area contributed by atoms with E-state index >= 15 is 0 Å². The first-order chi connectivity index (χ1) is 8.49.